The van der Waals surface area contributed by atoms with Gasteiger partial charge in [-0.3, -0.25) is 9.35 Å². The lowest BCUT2D eigenvalue weighted by Crippen LogP contribution is -2.61. The molecule has 6 N–H and O–H groups in total. The van der Waals surface area contributed by atoms with Gasteiger partial charge >= 0.3 is 10.4 Å². The van der Waals surface area contributed by atoms with Crippen molar-refractivity contribution < 1.29 is 51.8 Å². The summed E-state index contributed by atoms with van der Waals surface area (Å²) in [4.78, 5) is 13.0. The van der Waals surface area contributed by atoms with Gasteiger partial charge in [0.05, 0.1) is 25.4 Å². The van der Waals surface area contributed by atoms with Crippen LogP contribution in [0, 0.1) is 0 Å². The molecule has 0 saturated carbocycles. The number of aliphatic hydroxyl groups excluding tert-OH is 4. The molecule has 7 atom stereocenters. The zero-order valence-electron chi connectivity index (χ0n) is 35.5. The van der Waals surface area contributed by atoms with Gasteiger partial charge in [0.2, 0.25) is 5.91 Å². The molecule has 0 aromatic rings. The van der Waals surface area contributed by atoms with Crippen LogP contribution in [0.3, 0.4) is 0 Å². The van der Waals surface area contributed by atoms with Crippen molar-refractivity contribution >= 4 is 16.3 Å². The molecule has 0 aromatic heterocycles. The van der Waals surface area contributed by atoms with Gasteiger partial charge in [-0.05, 0) is 12.8 Å². The quantitative estimate of drug-likeness (QED) is 0.0257. The van der Waals surface area contributed by atoms with Crippen molar-refractivity contribution in [2.24, 2.45) is 0 Å². The van der Waals surface area contributed by atoms with Gasteiger partial charge < -0.3 is 35.2 Å². The van der Waals surface area contributed by atoms with Crippen LogP contribution >= 0.6 is 0 Å². The fourth-order valence-corrected chi connectivity index (χ4v) is 8.09. The lowest BCUT2D eigenvalue weighted by atomic mass is 9.99. The summed E-state index contributed by atoms with van der Waals surface area (Å²) in [5, 5.41) is 44.8. The number of nitrogens with one attached hydrogen (secondary N) is 1. The van der Waals surface area contributed by atoms with Crippen LogP contribution in [0.4, 0.5) is 0 Å². The number of ether oxygens (including phenoxy) is 2. The molecule has 334 valence electrons. The first kappa shape index (κ1) is 53.1. The van der Waals surface area contributed by atoms with E-state index in [1.165, 1.54) is 135 Å². The first-order valence-corrected chi connectivity index (χ1v) is 24.3. The molecule has 1 amide bonds. The van der Waals surface area contributed by atoms with E-state index >= 15 is 0 Å². The molecule has 1 aliphatic heterocycles. The predicted octanol–water partition coefficient (Wildman–Crippen LogP) is 8.61. The van der Waals surface area contributed by atoms with Gasteiger partial charge in [0.25, 0.3) is 0 Å². The minimum atomic E-state index is -5.07. The Morgan fingerprint density at radius 1 is 0.643 bits per heavy atom. The van der Waals surface area contributed by atoms with E-state index in [0.29, 0.717) is 12.8 Å². The number of amides is 1. The normalized spacial score (nSPS) is 21.3. The lowest BCUT2D eigenvalue weighted by molar-refractivity contribution is -0.298. The van der Waals surface area contributed by atoms with E-state index in [1.54, 1.807) is 0 Å². The molecule has 1 aliphatic rings. The molecule has 1 fully saturated rings. The van der Waals surface area contributed by atoms with Gasteiger partial charge in [-0.15, -0.1) is 0 Å². The average Bonchev–Trinajstić information content (AvgIpc) is 3.16. The Kier molecular flexibility index (Phi) is 33.1. The number of rotatable bonds is 39. The second kappa shape index (κ2) is 34.9. The summed E-state index contributed by atoms with van der Waals surface area (Å²) < 4.78 is 47.6. The van der Waals surface area contributed by atoms with Crippen molar-refractivity contribution in [3.05, 3.63) is 0 Å². The maximum Gasteiger partial charge on any atom is 0.397 e. The van der Waals surface area contributed by atoms with Gasteiger partial charge in [-0.25, -0.2) is 4.18 Å². The largest absolute Gasteiger partial charge is 0.397 e. The van der Waals surface area contributed by atoms with E-state index in [2.05, 4.69) is 23.3 Å². The third kappa shape index (κ3) is 27.7. The van der Waals surface area contributed by atoms with Crippen molar-refractivity contribution in [1.29, 1.82) is 0 Å². The van der Waals surface area contributed by atoms with Crippen molar-refractivity contribution in [2.45, 2.75) is 256 Å². The number of aliphatic hydroxyl groups is 4. The van der Waals surface area contributed by atoms with E-state index in [-0.39, 0.29) is 12.5 Å². The minimum absolute atomic E-state index is 0.227. The first-order valence-electron chi connectivity index (χ1n) is 22.9. The van der Waals surface area contributed by atoms with Crippen LogP contribution in [0.2, 0.25) is 0 Å². The zero-order valence-corrected chi connectivity index (χ0v) is 36.3. The summed E-state index contributed by atoms with van der Waals surface area (Å²) in [6.07, 6.45) is 26.7. The molecule has 0 bridgehead atoms. The van der Waals surface area contributed by atoms with Crippen molar-refractivity contribution in [3.63, 3.8) is 0 Å². The van der Waals surface area contributed by atoms with Gasteiger partial charge in [-0.2, -0.15) is 8.42 Å². The highest BCUT2D eigenvalue weighted by Gasteiger charge is 2.48. The molecule has 13 heteroatoms. The smallest absolute Gasteiger partial charge is 0.394 e. The van der Waals surface area contributed by atoms with Crippen molar-refractivity contribution in [3.8, 4) is 0 Å². The molecule has 1 rings (SSSR count). The molecule has 1 heterocycles. The van der Waals surface area contributed by atoms with Crippen LogP contribution in [0.5, 0.6) is 0 Å². The summed E-state index contributed by atoms with van der Waals surface area (Å²) in [7, 11) is -5.07. The topological polar surface area (TPSA) is 192 Å². The Bertz CT molecular complexity index is 1020. The van der Waals surface area contributed by atoms with Crippen LogP contribution < -0.4 is 5.32 Å². The van der Waals surface area contributed by atoms with Gasteiger partial charge in [0.1, 0.15) is 24.4 Å². The molecular formula is C43H85NO11S. The minimum Gasteiger partial charge on any atom is -0.394 e. The van der Waals surface area contributed by atoms with Gasteiger partial charge in [0.15, 0.2) is 6.29 Å². The summed E-state index contributed by atoms with van der Waals surface area (Å²) >= 11 is 0. The predicted molar refractivity (Wildman–Crippen MR) is 223 cm³/mol. The third-order valence-electron chi connectivity index (χ3n) is 11.2. The molecule has 12 nitrogen and oxygen atoms in total. The van der Waals surface area contributed by atoms with Crippen LogP contribution in [-0.2, 0) is 28.9 Å². The van der Waals surface area contributed by atoms with E-state index in [1.807, 2.05) is 0 Å². The highest BCUT2D eigenvalue weighted by atomic mass is 32.3. The second-order valence-corrected chi connectivity index (χ2v) is 17.4. The Balaban J connectivity index is 2.49. The number of carbonyl (C=O) groups excluding carboxylic acids is 1. The first-order chi connectivity index (χ1) is 27.0. The van der Waals surface area contributed by atoms with E-state index in [0.717, 1.165) is 51.4 Å². The molecule has 7 unspecified atom stereocenters. The molecule has 56 heavy (non-hydrogen) atoms. The van der Waals surface area contributed by atoms with E-state index in [9.17, 15) is 38.2 Å². The van der Waals surface area contributed by atoms with E-state index < -0.39 is 59.9 Å². The summed E-state index contributed by atoms with van der Waals surface area (Å²) in [6.45, 7) is 3.45. The molecule has 0 spiro atoms. The molecule has 1 saturated heterocycles. The third-order valence-corrected chi connectivity index (χ3v) is 11.6. The number of carbonyl (C=O) groups is 1. The number of hydrogen-bond acceptors (Lipinski definition) is 10. The van der Waals surface area contributed by atoms with Crippen LogP contribution in [0.25, 0.3) is 0 Å². The SMILES string of the molecule is CCCCCCCCCCCCCCCCCCC(=O)NC(COC1OC(CO)C(O)C(OS(=O)(=O)O)C1O)C(O)CCCCCCCCCCCCCCC. The average molecular weight is 824 g/mol. The maximum atomic E-state index is 13.0. The van der Waals surface area contributed by atoms with Crippen molar-refractivity contribution in [1.82, 2.24) is 5.32 Å². The highest BCUT2D eigenvalue weighted by Crippen LogP contribution is 2.26. The Labute approximate surface area is 341 Å². The Morgan fingerprint density at radius 3 is 1.43 bits per heavy atom. The van der Waals surface area contributed by atoms with Crippen molar-refractivity contribution in [2.75, 3.05) is 13.2 Å². The number of unbranched alkanes of at least 4 members (excludes halogenated alkanes) is 27. The van der Waals surface area contributed by atoms with Crippen LogP contribution in [0.1, 0.15) is 213 Å². The monoisotopic (exact) mass is 824 g/mol. The maximum absolute atomic E-state index is 13.0. The highest BCUT2D eigenvalue weighted by molar-refractivity contribution is 7.80. The summed E-state index contributed by atoms with van der Waals surface area (Å²) in [6, 6.07) is -0.850. The molecular weight excluding hydrogens is 739 g/mol. The fourth-order valence-electron chi connectivity index (χ4n) is 7.58. The molecule has 0 aliphatic carbocycles. The second-order valence-electron chi connectivity index (χ2n) is 16.4. The lowest BCUT2D eigenvalue weighted by Gasteiger charge is -2.41. The van der Waals surface area contributed by atoms with E-state index in [4.69, 9.17) is 9.47 Å². The van der Waals surface area contributed by atoms with Crippen LogP contribution in [-0.4, -0.2) is 95.4 Å². The van der Waals surface area contributed by atoms with Gasteiger partial charge in [-0.1, -0.05) is 194 Å². The molecule has 0 radical (unpaired) electrons. The Hall–Kier alpha value is -0.900. The number of hydrogen-bond donors (Lipinski definition) is 6. The zero-order chi connectivity index (χ0) is 41.3. The molecule has 0 aromatic carbocycles. The van der Waals surface area contributed by atoms with Crippen LogP contribution in [0.15, 0.2) is 0 Å². The standard InChI is InChI=1S/C43H85NO11S/c1-3-5-7-9-11-13-15-17-18-19-21-23-25-27-29-31-33-39(47)44-36(37(46)32-30-28-26-24-22-20-16-14-12-10-8-6-4-2)35-53-43-41(49)42(55-56(50,51)52)40(48)38(34-45)54-43/h36-38,40-43,45-46,48-49H,3-35H2,1-2H3,(H,44,47)(H,50,51,52). The Morgan fingerprint density at radius 2 is 1.04 bits per heavy atom. The summed E-state index contributed by atoms with van der Waals surface area (Å²) in [5.41, 5.74) is 0. The summed E-state index contributed by atoms with van der Waals surface area (Å²) in [5.74, 6) is -0.227. The van der Waals surface area contributed by atoms with Gasteiger partial charge in [0, 0.05) is 6.42 Å². The fraction of sp³-hybridized carbons (Fsp3) is 0.977.